The Kier molecular flexibility index (Phi) is 4.08. The number of nitrogens with zero attached hydrogens (tertiary/aromatic N) is 2. The van der Waals surface area contributed by atoms with E-state index in [2.05, 4.69) is 17.2 Å². The Balaban J connectivity index is 1.65. The zero-order chi connectivity index (χ0) is 14.0. The van der Waals surface area contributed by atoms with Gasteiger partial charge in [-0.1, -0.05) is 6.92 Å². The maximum atomic E-state index is 12.5. The van der Waals surface area contributed by atoms with Crippen molar-refractivity contribution in [2.45, 2.75) is 39.0 Å². The van der Waals surface area contributed by atoms with Crippen molar-refractivity contribution in [2.75, 3.05) is 26.2 Å². The molecule has 0 unspecified atom stereocenters. The number of aryl methyl sites for hydroxylation is 1. The Morgan fingerprint density at radius 3 is 3.20 bits per heavy atom. The van der Waals surface area contributed by atoms with Crippen LogP contribution >= 0.6 is 11.3 Å². The number of likely N-dealkylation sites (tertiary alicyclic amines) is 1. The molecule has 0 aliphatic carbocycles. The van der Waals surface area contributed by atoms with Gasteiger partial charge in [0.1, 0.15) is 5.69 Å². The number of piperidine rings is 1. The fourth-order valence-corrected chi connectivity index (χ4v) is 4.26. The summed E-state index contributed by atoms with van der Waals surface area (Å²) < 4.78 is 0. The molecule has 0 radical (unpaired) electrons. The molecule has 0 saturated carbocycles. The van der Waals surface area contributed by atoms with E-state index >= 15 is 0 Å². The van der Waals surface area contributed by atoms with Gasteiger partial charge in [-0.3, -0.25) is 4.79 Å². The highest BCUT2D eigenvalue weighted by atomic mass is 32.1. The third kappa shape index (κ3) is 2.74. The fraction of sp³-hybridized carbons (Fsp3) is 0.733. The topological polar surface area (TPSA) is 45.2 Å². The molecule has 1 aromatic heterocycles. The van der Waals surface area contributed by atoms with Crippen LogP contribution in [-0.4, -0.2) is 42.0 Å². The Morgan fingerprint density at radius 1 is 1.55 bits per heavy atom. The van der Waals surface area contributed by atoms with Crippen LogP contribution in [0.2, 0.25) is 0 Å². The molecule has 110 valence electrons. The normalized spacial score (nSPS) is 26.4. The molecular formula is C15H23N3OS. The summed E-state index contributed by atoms with van der Waals surface area (Å²) in [6.07, 6.45) is 5.68. The quantitative estimate of drug-likeness (QED) is 0.930. The summed E-state index contributed by atoms with van der Waals surface area (Å²) in [5.41, 5.74) is 0.982. The first-order chi connectivity index (χ1) is 9.72. The maximum absolute atomic E-state index is 12.5. The summed E-state index contributed by atoms with van der Waals surface area (Å²) in [6, 6.07) is 0. The summed E-state index contributed by atoms with van der Waals surface area (Å²) >= 11 is 1.62. The van der Waals surface area contributed by atoms with Crippen LogP contribution in [0.15, 0.2) is 5.38 Å². The molecule has 2 fully saturated rings. The first-order valence-corrected chi connectivity index (χ1v) is 8.55. The second kappa shape index (κ2) is 5.82. The van der Waals surface area contributed by atoms with E-state index in [-0.39, 0.29) is 5.91 Å². The number of carbonyl (C=O) groups is 1. The highest BCUT2D eigenvalue weighted by Gasteiger charge is 2.41. The molecule has 1 N–H and O–H groups in total. The molecule has 0 aromatic carbocycles. The van der Waals surface area contributed by atoms with Gasteiger partial charge in [0, 0.05) is 30.4 Å². The molecule has 1 amide bonds. The van der Waals surface area contributed by atoms with E-state index in [1.54, 1.807) is 11.3 Å². The van der Waals surface area contributed by atoms with Crippen molar-refractivity contribution < 1.29 is 4.79 Å². The van der Waals surface area contributed by atoms with E-state index in [4.69, 9.17) is 0 Å². The van der Waals surface area contributed by atoms with Gasteiger partial charge >= 0.3 is 0 Å². The van der Waals surface area contributed by atoms with Gasteiger partial charge in [-0.2, -0.15) is 0 Å². The first-order valence-electron chi connectivity index (χ1n) is 7.67. The molecule has 4 nitrogen and oxygen atoms in total. The summed E-state index contributed by atoms with van der Waals surface area (Å²) in [7, 11) is 0. The summed E-state index contributed by atoms with van der Waals surface area (Å²) in [4.78, 5) is 19.0. The van der Waals surface area contributed by atoms with Gasteiger partial charge in [0.05, 0.1) is 5.01 Å². The minimum atomic E-state index is 0.131. The number of aromatic nitrogens is 1. The Bertz CT molecular complexity index is 479. The van der Waals surface area contributed by atoms with Gasteiger partial charge in [-0.15, -0.1) is 11.3 Å². The molecule has 5 heteroatoms. The van der Waals surface area contributed by atoms with Crippen LogP contribution < -0.4 is 5.32 Å². The highest BCUT2D eigenvalue weighted by molar-refractivity contribution is 7.09. The van der Waals surface area contributed by atoms with Crippen molar-refractivity contribution in [2.24, 2.45) is 5.41 Å². The summed E-state index contributed by atoms with van der Waals surface area (Å²) in [6.45, 7) is 6.13. The van der Waals surface area contributed by atoms with Gasteiger partial charge in [0.15, 0.2) is 0 Å². The van der Waals surface area contributed by atoms with Crippen molar-refractivity contribution in [3.8, 4) is 0 Å². The molecule has 1 atom stereocenters. The van der Waals surface area contributed by atoms with E-state index in [1.807, 2.05) is 10.3 Å². The van der Waals surface area contributed by atoms with E-state index in [0.717, 1.165) is 50.4 Å². The number of hydrogen-bond acceptors (Lipinski definition) is 4. The average molecular weight is 293 g/mol. The van der Waals surface area contributed by atoms with Gasteiger partial charge in [0.2, 0.25) is 0 Å². The maximum Gasteiger partial charge on any atom is 0.273 e. The highest BCUT2D eigenvalue weighted by Crippen LogP contribution is 2.36. The molecule has 3 heterocycles. The lowest BCUT2D eigenvalue weighted by atomic mass is 9.80. The van der Waals surface area contributed by atoms with Crippen molar-refractivity contribution in [1.29, 1.82) is 0 Å². The summed E-state index contributed by atoms with van der Waals surface area (Å²) in [5, 5.41) is 6.50. The predicted molar refractivity (Wildman–Crippen MR) is 81.2 cm³/mol. The molecule has 1 aromatic rings. The number of carbonyl (C=O) groups excluding carboxylic acids is 1. The van der Waals surface area contributed by atoms with Crippen molar-refractivity contribution >= 4 is 17.2 Å². The average Bonchev–Trinajstić information content (AvgIpc) is 3.08. The Hall–Kier alpha value is -0.940. The van der Waals surface area contributed by atoms with Crippen LogP contribution in [-0.2, 0) is 6.42 Å². The van der Waals surface area contributed by atoms with Crippen LogP contribution in [0.3, 0.4) is 0 Å². The van der Waals surface area contributed by atoms with Crippen LogP contribution in [0.5, 0.6) is 0 Å². The number of amides is 1. The second-order valence-corrected chi connectivity index (χ2v) is 7.08. The minimum Gasteiger partial charge on any atom is -0.337 e. The molecule has 0 bridgehead atoms. The van der Waals surface area contributed by atoms with Gasteiger partial charge in [-0.05, 0) is 38.6 Å². The van der Waals surface area contributed by atoms with Crippen molar-refractivity contribution in [3.63, 3.8) is 0 Å². The number of rotatable bonds is 3. The zero-order valence-electron chi connectivity index (χ0n) is 12.2. The monoisotopic (exact) mass is 293 g/mol. The number of hydrogen-bond donors (Lipinski definition) is 1. The standard InChI is InChI=1S/C15H23N3OS/c1-2-4-13-17-12(9-20-13)14(19)18-8-6-15(11-18)5-3-7-16-10-15/h9,16H,2-8,10-11H2,1H3/t15-/m0/s1. The lowest BCUT2D eigenvalue weighted by Gasteiger charge is -2.33. The minimum absolute atomic E-state index is 0.131. The van der Waals surface area contributed by atoms with Gasteiger partial charge < -0.3 is 10.2 Å². The van der Waals surface area contributed by atoms with Crippen LogP contribution in [0.4, 0.5) is 0 Å². The van der Waals surface area contributed by atoms with Crippen molar-refractivity contribution in [3.05, 3.63) is 16.1 Å². The van der Waals surface area contributed by atoms with Crippen molar-refractivity contribution in [1.82, 2.24) is 15.2 Å². The molecule has 3 rings (SSSR count). The Morgan fingerprint density at radius 2 is 2.45 bits per heavy atom. The van der Waals surface area contributed by atoms with E-state index in [1.165, 1.54) is 12.8 Å². The fourth-order valence-electron chi connectivity index (χ4n) is 3.39. The van der Waals surface area contributed by atoms with Crippen LogP contribution in [0.1, 0.15) is 48.1 Å². The van der Waals surface area contributed by atoms with E-state index in [0.29, 0.717) is 11.1 Å². The number of thiazole rings is 1. The molecule has 2 aliphatic heterocycles. The molecule has 1 spiro atoms. The summed E-state index contributed by atoms with van der Waals surface area (Å²) in [5.74, 6) is 0.131. The lowest BCUT2D eigenvalue weighted by molar-refractivity contribution is 0.0759. The molecule has 2 aliphatic rings. The van der Waals surface area contributed by atoms with E-state index < -0.39 is 0 Å². The molecule has 2 saturated heterocycles. The second-order valence-electron chi connectivity index (χ2n) is 6.13. The first kappa shape index (κ1) is 14.0. The van der Waals surface area contributed by atoms with Crippen LogP contribution in [0.25, 0.3) is 0 Å². The largest absolute Gasteiger partial charge is 0.337 e. The SMILES string of the molecule is CCCc1nc(C(=O)N2CC[C@]3(CCCNC3)C2)cs1. The van der Waals surface area contributed by atoms with Gasteiger partial charge in [-0.25, -0.2) is 4.98 Å². The number of nitrogens with one attached hydrogen (secondary N) is 1. The Labute approximate surface area is 124 Å². The van der Waals surface area contributed by atoms with Crippen LogP contribution in [0, 0.1) is 5.41 Å². The molecule has 20 heavy (non-hydrogen) atoms. The smallest absolute Gasteiger partial charge is 0.273 e. The molecular weight excluding hydrogens is 270 g/mol. The zero-order valence-corrected chi connectivity index (χ0v) is 13.0. The third-order valence-electron chi connectivity index (χ3n) is 4.52. The lowest BCUT2D eigenvalue weighted by Crippen LogP contribution is -2.42. The van der Waals surface area contributed by atoms with Gasteiger partial charge in [0.25, 0.3) is 5.91 Å². The third-order valence-corrected chi connectivity index (χ3v) is 5.43. The predicted octanol–water partition coefficient (Wildman–Crippen LogP) is 2.31. The van der Waals surface area contributed by atoms with E-state index in [9.17, 15) is 4.79 Å².